The molecule has 0 radical (unpaired) electrons. The number of hydrogen-bond acceptors (Lipinski definition) is 4. The van der Waals surface area contributed by atoms with E-state index in [1.807, 2.05) is 24.6 Å². The lowest BCUT2D eigenvalue weighted by Crippen LogP contribution is -2.29. The van der Waals surface area contributed by atoms with Crippen molar-refractivity contribution in [1.82, 2.24) is 4.98 Å². The Morgan fingerprint density at radius 3 is 2.67 bits per heavy atom. The molecule has 0 atom stereocenters. The molecule has 0 aliphatic heterocycles. The molecule has 2 aromatic rings. The molecule has 21 heavy (non-hydrogen) atoms. The number of aromatic nitrogens is 1. The molecule has 0 spiro atoms. The molecule has 1 aromatic carbocycles. The Bertz CT molecular complexity index is 649. The first-order chi connectivity index (χ1) is 9.82. The van der Waals surface area contributed by atoms with Gasteiger partial charge in [-0.3, -0.25) is 4.79 Å². The van der Waals surface area contributed by atoms with Crippen LogP contribution >= 0.6 is 11.3 Å². The third-order valence-electron chi connectivity index (χ3n) is 3.66. The number of carbonyl (C=O) groups is 1. The summed E-state index contributed by atoms with van der Waals surface area (Å²) in [5.74, 6) is -0.860. The SMILES string of the molecule is Cc1ccccc1CN(C)c1nc(C(C)(C)C(=O)O)cs1. The lowest BCUT2D eigenvalue weighted by Gasteiger charge is -2.18. The Labute approximate surface area is 129 Å². The second kappa shape index (κ2) is 5.85. The van der Waals surface area contributed by atoms with Crippen LogP contribution in [0.2, 0.25) is 0 Å². The first-order valence-corrected chi connectivity index (χ1v) is 7.65. The molecule has 0 fully saturated rings. The summed E-state index contributed by atoms with van der Waals surface area (Å²) in [5.41, 5.74) is 2.13. The molecule has 4 nitrogen and oxygen atoms in total. The molecule has 0 unspecified atom stereocenters. The average Bonchev–Trinajstić information content (AvgIpc) is 2.91. The number of rotatable bonds is 5. The number of aryl methyl sites for hydroxylation is 1. The molecule has 0 amide bonds. The summed E-state index contributed by atoms with van der Waals surface area (Å²) < 4.78 is 0. The number of carboxylic acid groups (broad SMARTS) is 1. The van der Waals surface area contributed by atoms with Crippen LogP contribution in [0.1, 0.15) is 30.7 Å². The summed E-state index contributed by atoms with van der Waals surface area (Å²) in [6.45, 7) is 6.20. The van der Waals surface area contributed by atoms with Crippen molar-refractivity contribution in [3.05, 3.63) is 46.5 Å². The van der Waals surface area contributed by atoms with Crippen LogP contribution in [0.3, 0.4) is 0 Å². The van der Waals surface area contributed by atoms with E-state index in [2.05, 4.69) is 28.9 Å². The normalized spacial score (nSPS) is 11.4. The average molecular weight is 304 g/mol. The van der Waals surface area contributed by atoms with Crippen LogP contribution in [0, 0.1) is 6.92 Å². The number of nitrogens with zero attached hydrogens (tertiary/aromatic N) is 2. The van der Waals surface area contributed by atoms with Gasteiger partial charge in [0, 0.05) is 19.0 Å². The highest BCUT2D eigenvalue weighted by atomic mass is 32.1. The summed E-state index contributed by atoms with van der Waals surface area (Å²) in [7, 11) is 1.98. The molecule has 1 aromatic heterocycles. The summed E-state index contributed by atoms with van der Waals surface area (Å²) in [5, 5.41) is 11.9. The van der Waals surface area contributed by atoms with Crippen molar-refractivity contribution < 1.29 is 9.90 Å². The van der Waals surface area contributed by atoms with E-state index < -0.39 is 11.4 Å². The topological polar surface area (TPSA) is 53.4 Å². The molecule has 0 bridgehead atoms. The van der Waals surface area contributed by atoms with Crippen molar-refractivity contribution in [3.63, 3.8) is 0 Å². The minimum atomic E-state index is -0.960. The first kappa shape index (κ1) is 15.5. The van der Waals surface area contributed by atoms with Gasteiger partial charge in [0.05, 0.1) is 5.69 Å². The molecule has 112 valence electrons. The van der Waals surface area contributed by atoms with Crippen LogP contribution in [0.15, 0.2) is 29.6 Å². The molecular weight excluding hydrogens is 284 g/mol. The van der Waals surface area contributed by atoms with E-state index >= 15 is 0 Å². The van der Waals surface area contributed by atoms with Crippen molar-refractivity contribution in [3.8, 4) is 0 Å². The Morgan fingerprint density at radius 2 is 2.05 bits per heavy atom. The number of anilines is 1. The molecule has 0 saturated heterocycles. The highest BCUT2D eigenvalue weighted by Crippen LogP contribution is 2.29. The van der Waals surface area contributed by atoms with Gasteiger partial charge in [0.25, 0.3) is 0 Å². The first-order valence-electron chi connectivity index (χ1n) is 6.77. The van der Waals surface area contributed by atoms with E-state index in [0.29, 0.717) is 5.69 Å². The van der Waals surface area contributed by atoms with Crippen LogP contribution in [0.25, 0.3) is 0 Å². The van der Waals surface area contributed by atoms with Crippen molar-refractivity contribution in [1.29, 1.82) is 0 Å². The van der Waals surface area contributed by atoms with Crippen LogP contribution in [0.4, 0.5) is 5.13 Å². The van der Waals surface area contributed by atoms with Crippen molar-refractivity contribution >= 4 is 22.4 Å². The third-order valence-corrected chi connectivity index (χ3v) is 4.62. The lowest BCUT2D eigenvalue weighted by atomic mass is 9.90. The molecule has 5 heteroatoms. The van der Waals surface area contributed by atoms with Gasteiger partial charge in [-0.25, -0.2) is 4.98 Å². The predicted molar refractivity (Wildman–Crippen MR) is 86.1 cm³/mol. The third kappa shape index (κ3) is 3.24. The van der Waals surface area contributed by atoms with Gasteiger partial charge in [-0.1, -0.05) is 24.3 Å². The van der Waals surface area contributed by atoms with Crippen LogP contribution < -0.4 is 4.90 Å². The van der Waals surface area contributed by atoms with Crippen molar-refractivity contribution in [2.75, 3.05) is 11.9 Å². The van der Waals surface area contributed by atoms with Gasteiger partial charge in [0.2, 0.25) is 0 Å². The van der Waals surface area contributed by atoms with Gasteiger partial charge in [0.15, 0.2) is 5.13 Å². The Morgan fingerprint density at radius 1 is 1.38 bits per heavy atom. The molecule has 1 N–H and O–H groups in total. The standard InChI is InChI=1S/C16H20N2O2S/c1-11-7-5-6-8-12(11)9-18(4)15-17-13(10-21-15)16(2,3)14(19)20/h5-8,10H,9H2,1-4H3,(H,19,20). The molecular formula is C16H20N2O2S. The largest absolute Gasteiger partial charge is 0.481 e. The van der Waals surface area contributed by atoms with Gasteiger partial charge in [0.1, 0.15) is 5.41 Å². The van der Waals surface area contributed by atoms with Crippen molar-refractivity contribution in [2.45, 2.75) is 32.7 Å². The summed E-state index contributed by atoms with van der Waals surface area (Å²) in [4.78, 5) is 17.8. The van der Waals surface area contributed by atoms with Gasteiger partial charge in [-0.2, -0.15) is 0 Å². The zero-order valence-electron chi connectivity index (χ0n) is 12.8. The van der Waals surface area contributed by atoms with E-state index in [0.717, 1.165) is 11.7 Å². The van der Waals surface area contributed by atoms with Crippen LogP contribution in [0.5, 0.6) is 0 Å². The van der Waals surface area contributed by atoms with E-state index in [1.54, 1.807) is 13.8 Å². The quantitative estimate of drug-likeness (QED) is 0.919. The fourth-order valence-electron chi connectivity index (χ4n) is 1.95. The zero-order valence-corrected chi connectivity index (χ0v) is 13.6. The fraction of sp³-hybridized carbons (Fsp3) is 0.375. The van der Waals surface area contributed by atoms with Gasteiger partial charge in [-0.05, 0) is 31.9 Å². The molecule has 0 aliphatic rings. The Hall–Kier alpha value is -1.88. The maximum absolute atomic E-state index is 11.3. The zero-order chi connectivity index (χ0) is 15.6. The van der Waals surface area contributed by atoms with Crippen LogP contribution in [-0.2, 0) is 16.8 Å². The number of thiazole rings is 1. The maximum atomic E-state index is 11.3. The fourth-order valence-corrected chi connectivity index (χ4v) is 2.91. The van der Waals surface area contributed by atoms with Gasteiger partial charge >= 0.3 is 5.97 Å². The van der Waals surface area contributed by atoms with Gasteiger partial charge < -0.3 is 10.0 Å². The molecule has 0 aliphatic carbocycles. The Balaban J connectivity index is 2.18. The summed E-state index contributed by atoms with van der Waals surface area (Å²) >= 11 is 1.48. The molecule has 2 rings (SSSR count). The highest BCUT2D eigenvalue weighted by molar-refractivity contribution is 7.13. The Kier molecular flexibility index (Phi) is 4.32. The minimum Gasteiger partial charge on any atom is -0.481 e. The molecule has 0 saturated carbocycles. The predicted octanol–water partition coefficient (Wildman–Crippen LogP) is 3.45. The maximum Gasteiger partial charge on any atom is 0.315 e. The second-order valence-electron chi connectivity index (χ2n) is 5.73. The number of carboxylic acids is 1. The summed E-state index contributed by atoms with van der Waals surface area (Å²) in [6.07, 6.45) is 0. The number of hydrogen-bond donors (Lipinski definition) is 1. The van der Waals surface area contributed by atoms with E-state index in [4.69, 9.17) is 0 Å². The smallest absolute Gasteiger partial charge is 0.315 e. The highest BCUT2D eigenvalue weighted by Gasteiger charge is 2.32. The van der Waals surface area contributed by atoms with E-state index in [1.165, 1.54) is 22.5 Å². The van der Waals surface area contributed by atoms with Crippen molar-refractivity contribution in [2.24, 2.45) is 0 Å². The summed E-state index contributed by atoms with van der Waals surface area (Å²) in [6, 6.07) is 8.23. The number of aliphatic carboxylic acids is 1. The van der Waals surface area contributed by atoms with Gasteiger partial charge in [-0.15, -0.1) is 11.3 Å². The molecule has 1 heterocycles. The van der Waals surface area contributed by atoms with Crippen LogP contribution in [-0.4, -0.2) is 23.1 Å². The monoisotopic (exact) mass is 304 g/mol. The second-order valence-corrected chi connectivity index (χ2v) is 6.56. The number of benzene rings is 1. The van der Waals surface area contributed by atoms with E-state index in [-0.39, 0.29) is 0 Å². The van der Waals surface area contributed by atoms with E-state index in [9.17, 15) is 9.90 Å². The minimum absolute atomic E-state index is 0.603. The lowest BCUT2D eigenvalue weighted by molar-refractivity contribution is -0.142.